The molecule has 0 spiro atoms. The van der Waals surface area contributed by atoms with Crippen molar-refractivity contribution in [2.45, 2.75) is 19.0 Å². The Bertz CT molecular complexity index is 926. The van der Waals surface area contributed by atoms with Crippen LogP contribution in [0.25, 0.3) is 16.7 Å². The minimum Gasteiger partial charge on any atom is -0.406 e. The van der Waals surface area contributed by atoms with Gasteiger partial charge >= 0.3 is 6.36 Å². The van der Waals surface area contributed by atoms with E-state index in [-0.39, 0.29) is 5.75 Å². The zero-order valence-electron chi connectivity index (χ0n) is 14.2. The fraction of sp³-hybridized carbons (Fsp3) is 0.294. The van der Waals surface area contributed by atoms with Crippen molar-refractivity contribution in [2.24, 2.45) is 0 Å². The van der Waals surface area contributed by atoms with E-state index >= 15 is 0 Å². The molecule has 1 atom stereocenters. The first-order valence-electron chi connectivity index (χ1n) is 8.00. The third-order valence-electron chi connectivity index (χ3n) is 3.86. The van der Waals surface area contributed by atoms with Gasteiger partial charge in [0.05, 0.1) is 18.0 Å². The van der Waals surface area contributed by atoms with E-state index < -0.39 is 19.1 Å². The highest BCUT2D eigenvalue weighted by Gasteiger charge is 2.31. The molecule has 0 radical (unpaired) electrons. The maximum atomic E-state index is 12.3. The Hall–Kier alpha value is -2.69. The van der Waals surface area contributed by atoms with Crippen molar-refractivity contribution in [3.8, 4) is 11.4 Å². The molecule has 0 bridgehead atoms. The molecule has 3 N–H and O–H groups in total. The Kier molecular flexibility index (Phi) is 5.31. The van der Waals surface area contributed by atoms with Crippen LogP contribution in [0.3, 0.4) is 0 Å². The number of aliphatic hydroxyl groups excluding tert-OH is 2. The molecule has 3 aromatic rings. The number of benzene rings is 1. The van der Waals surface area contributed by atoms with E-state index in [4.69, 9.17) is 0 Å². The minimum absolute atomic E-state index is 0.345. The van der Waals surface area contributed by atoms with Crippen molar-refractivity contribution < 1.29 is 28.1 Å². The van der Waals surface area contributed by atoms with E-state index in [1.165, 1.54) is 35.1 Å². The van der Waals surface area contributed by atoms with Crippen LogP contribution >= 0.6 is 0 Å². The Labute approximate surface area is 152 Å². The second-order valence-electron chi connectivity index (χ2n) is 5.73. The Morgan fingerprint density at radius 3 is 2.52 bits per heavy atom. The van der Waals surface area contributed by atoms with Crippen molar-refractivity contribution in [3.05, 3.63) is 47.8 Å². The number of halogens is 3. The lowest BCUT2D eigenvalue weighted by atomic mass is 10.1. The molecular weight excluding hydrogens is 365 g/mol. The number of ether oxygens (including phenoxy) is 1. The number of aliphatic hydroxyl groups is 2. The normalized spacial score (nSPS) is 13.1. The van der Waals surface area contributed by atoms with Crippen LogP contribution in [0.5, 0.6) is 5.75 Å². The number of hydrogen-bond donors (Lipinski definition) is 3. The molecule has 144 valence electrons. The molecule has 1 unspecified atom stereocenters. The number of rotatable bonds is 6. The predicted octanol–water partition coefficient (Wildman–Crippen LogP) is 2.06. The number of aromatic nitrogens is 3. The van der Waals surface area contributed by atoms with Gasteiger partial charge in [0, 0.05) is 18.1 Å². The van der Waals surface area contributed by atoms with E-state index in [2.05, 4.69) is 20.1 Å². The standard InChI is InChI=1S/C17H17F3N4O3/c1-21-8-13-15-12(14(26)9-25)6-7-22-16(15)24(23-13)10-2-4-11(5-3-10)27-17(18,19)20/h2-7,14,21,25-26H,8-9H2,1H3. The summed E-state index contributed by atoms with van der Waals surface area (Å²) in [5.74, 6) is -0.345. The molecule has 3 rings (SSSR count). The van der Waals surface area contributed by atoms with Gasteiger partial charge in [0.1, 0.15) is 11.9 Å². The quantitative estimate of drug-likeness (QED) is 0.605. The molecule has 1 aromatic carbocycles. The summed E-state index contributed by atoms with van der Waals surface area (Å²) < 4.78 is 42.3. The van der Waals surface area contributed by atoms with Crippen LogP contribution in [0.4, 0.5) is 13.2 Å². The van der Waals surface area contributed by atoms with Crippen molar-refractivity contribution in [1.82, 2.24) is 20.1 Å². The number of pyridine rings is 1. The van der Waals surface area contributed by atoms with Crippen molar-refractivity contribution >= 4 is 11.0 Å². The number of alkyl halides is 3. The molecule has 0 amide bonds. The fourth-order valence-corrected chi connectivity index (χ4v) is 2.78. The first-order chi connectivity index (χ1) is 12.8. The van der Waals surface area contributed by atoms with Gasteiger partial charge in [-0.15, -0.1) is 13.2 Å². The summed E-state index contributed by atoms with van der Waals surface area (Å²) in [4.78, 5) is 4.29. The summed E-state index contributed by atoms with van der Waals surface area (Å²) >= 11 is 0. The van der Waals surface area contributed by atoms with Crippen LogP contribution in [0.1, 0.15) is 17.4 Å². The van der Waals surface area contributed by atoms with Gasteiger partial charge in [-0.2, -0.15) is 5.10 Å². The molecule has 2 heterocycles. The van der Waals surface area contributed by atoms with Crippen LogP contribution in [0.2, 0.25) is 0 Å². The maximum absolute atomic E-state index is 12.3. The minimum atomic E-state index is -4.77. The Balaban J connectivity index is 2.09. The van der Waals surface area contributed by atoms with Crippen molar-refractivity contribution in [1.29, 1.82) is 0 Å². The van der Waals surface area contributed by atoms with E-state index in [0.717, 1.165) is 0 Å². The van der Waals surface area contributed by atoms with Crippen LogP contribution in [-0.4, -0.2) is 45.0 Å². The zero-order valence-corrected chi connectivity index (χ0v) is 14.2. The lowest BCUT2D eigenvalue weighted by Crippen LogP contribution is -2.17. The topological polar surface area (TPSA) is 92.4 Å². The first-order valence-corrected chi connectivity index (χ1v) is 8.00. The van der Waals surface area contributed by atoms with Crippen LogP contribution in [0.15, 0.2) is 36.5 Å². The molecule has 0 saturated carbocycles. The van der Waals surface area contributed by atoms with E-state index in [0.29, 0.717) is 34.5 Å². The average Bonchev–Trinajstić information content (AvgIpc) is 2.99. The number of fused-ring (bicyclic) bond motifs is 1. The molecule has 7 nitrogen and oxygen atoms in total. The summed E-state index contributed by atoms with van der Waals surface area (Å²) in [7, 11) is 1.73. The SMILES string of the molecule is CNCc1nn(-c2ccc(OC(F)(F)F)cc2)c2nccc(C(O)CO)c12. The van der Waals surface area contributed by atoms with Gasteiger partial charge in [-0.3, -0.25) is 0 Å². The summed E-state index contributed by atoms with van der Waals surface area (Å²) in [6.07, 6.45) is -4.40. The maximum Gasteiger partial charge on any atom is 0.573 e. The number of hydrogen-bond acceptors (Lipinski definition) is 6. The largest absolute Gasteiger partial charge is 0.573 e. The molecule has 0 aliphatic carbocycles. The molecule has 10 heteroatoms. The highest BCUT2D eigenvalue weighted by molar-refractivity contribution is 5.84. The van der Waals surface area contributed by atoms with Crippen LogP contribution in [0, 0.1) is 0 Å². The second-order valence-corrected chi connectivity index (χ2v) is 5.73. The lowest BCUT2D eigenvalue weighted by molar-refractivity contribution is -0.274. The molecule has 0 aliphatic heterocycles. The number of nitrogens with one attached hydrogen (secondary N) is 1. The Morgan fingerprint density at radius 2 is 1.93 bits per heavy atom. The first kappa shape index (κ1) is 19.1. The molecule has 0 fully saturated rings. The monoisotopic (exact) mass is 382 g/mol. The highest BCUT2D eigenvalue weighted by atomic mass is 19.4. The fourth-order valence-electron chi connectivity index (χ4n) is 2.78. The average molecular weight is 382 g/mol. The summed E-state index contributed by atoms with van der Waals surface area (Å²) in [6, 6.07) is 6.80. The van der Waals surface area contributed by atoms with Crippen molar-refractivity contribution in [3.63, 3.8) is 0 Å². The van der Waals surface area contributed by atoms with Gasteiger partial charge in [0.25, 0.3) is 0 Å². The van der Waals surface area contributed by atoms with Crippen molar-refractivity contribution in [2.75, 3.05) is 13.7 Å². The van der Waals surface area contributed by atoms with E-state index in [9.17, 15) is 23.4 Å². The predicted molar refractivity (Wildman–Crippen MR) is 90.4 cm³/mol. The summed E-state index contributed by atoms with van der Waals surface area (Å²) in [5.41, 5.74) is 1.93. The zero-order chi connectivity index (χ0) is 19.6. The smallest absolute Gasteiger partial charge is 0.406 e. The van der Waals surface area contributed by atoms with Crippen LogP contribution < -0.4 is 10.1 Å². The van der Waals surface area contributed by atoms with Gasteiger partial charge in [-0.25, -0.2) is 9.67 Å². The van der Waals surface area contributed by atoms with Gasteiger partial charge in [0.2, 0.25) is 0 Å². The second kappa shape index (κ2) is 7.51. The summed E-state index contributed by atoms with van der Waals surface area (Å²) in [6.45, 7) is -0.0949. The molecule has 0 aliphatic rings. The van der Waals surface area contributed by atoms with E-state index in [1.807, 2.05) is 0 Å². The van der Waals surface area contributed by atoms with Crippen LogP contribution in [-0.2, 0) is 6.54 Å². The molecule has 0 saturated heterocycles. The molecule has 2 aromatic heterocycles. The lowest BCUT2D eigenvalue weighted by Gasteiger charge is -2.10. The third kappa shape index (κ3) is 4.02. The highest BCUT2D eigenvalue weighted by Crippen LogP contribution is 2.29. The van der Waals surface area contributed by atoms with Gasteiger partial charge < -0.3 is 20.3 Å². The van der Waals surface area contributed by atoms with Gasteiger partial charge in [0.15, 0.2) is 5.65 Å². The van der Waals surface area contributed by atoms with Gasteiger partial charge in [-0.05, 0) is 42.9 Å². The summed E-state index contributed by atoms with van der Waals surface area (Å²) in [5, 5.41) is 27.4. The third-order valence-corrected chi connectivity index (χ3v) is 3.86. The number of nitrogens with zero attached hydrogens (tertiary/aromatic N) is 3. The molecule has 27 heavy (non-hydrogen) atoms. The van der Waals surface area contributed by atoms with Gasteiger partial charge in [-0.1, -0.05) is 0 Å². The molecular formula is C17H17F3N4O3. The van der Waals surface area contributed by atoms with E-state index in [1.54, 1.807) is 13.1 Å². The Morgan fingerprint density at radius 1 is 1.22 bits per heavy atom.